The van der Waals surface area contributed by atoms with E-state index in [0.29, 0.717) is 5.28 Å². The first-order valence-corrected chi connectivity index (χ1v) is 4.84. The zero-order valence-electron chi connectivity index (χ0n) is 7.24. The molecule has 1 atom stereocenters. The van der Waals surface area contributed by atoms with Gasteiger partial charge in [-0.05, 0) is 36.9 Å². The van der Waals surface area contributed by atoms with E-state index in [1.165, 1.54) is 6.42 Å². The molecule has 0 aliphatic carbocycles. The lowest BCUT2D eigenvalue weighted by molar-refractivity contribution is 0.0122. The maximum absolute atomic E-state index is 5.69. The van der Waals surface area contributed by atoms with E-state index < -0.39 is 0 Å². The first-order chi connectivity index (χ1) is 6.36. The molecule has 1 aromatic rings. The van der Waals surface area contributed by atoms with Gasteiger partial charge in [0, 0.05) is 12.8 Å². The quantitative estimate of drug-likeness (QED) is 0.650. The molecule has 4 heteroatoms. The lowest BCUT2D eigenvalue weighted by Crippen LogP contribution is -2.12. The third kappa shape index (κ3) is 2.17. The van der Waals surface area contributed by atoms with Gasteiger partial charge in [-0.25, -0.2) is 9.97 Å². The van der Waals surface area contributed by atoms with Crippen molar-refractivity contribution in [2.24, 2.45) is 0 Å². The van der Waals surface area contributed by atoms with Crippen molar-refractivity contribution in [2.45, 2.75) is 25.4 Å². The van der Waals surface area contributed by atoms with Gasteiger partial charge in [0.2, 0.25) is 5.28 Å². The molecule has 0 spiro atoms. The summed E-state index contributed by atoms with van der Waals surface area (Å²) in [5, 5.41) is 0.298. The minimum Gasteiger partial charge on any atom is -0.372 e. The maximum atomic E-state index is 5.69. The van der Waals surface area contributed by atoms with Crippen molar-refractivity contribution in [1.29, 1.82) is 0 Å². The minimum atomic E-state index is 0.120. The second-order valence-corrected chi connectivity index (χ2v) is 3.44. The van der Waals surface area contributed by atoms with Crippen LogP contribution in [0.5, 0.6) is 0 Å². The predicted octanol–water partition coefficient (Wildman–Crippen LogP) is 2.37. The van der Waals surface area contributed by atoms with Crippen molar-refractivity contribution >= 4 is 11.6 Å². The van der Waals surface area contributed by atoms with Crippen molar-refractivity contribution in [1.82, 2.24) is 9.97 Å². The molecule has 0 bridgehead atoms. The van der Waals surface area contributed by atoms with Crippen LogP contribution in [0.15, 0.2) is 12.3 Å². The number of rotatable bonds is 1. The molecule has 0 amide bonds. The van der Waals surface area contributed by atoms with Crippen molar-refractivity contribution in [3.63, 3.8) is 0 Å². The van der Waals surface area contributed by atoms with Crippen LogP contribution >= 0.6 is 11.6 Å². The Morgan fingerprint density at radius 1 is 1.46 bits per heavy atom. The second-order valence-electron chi connectivity index (χ2n) is 3.11. The van der Waals surface area contributed by atoms with Gasteiger partial charge in [-0.2, -0.15) is 0 Å². The number of halogens is 1. The third-order valence-electron chi connectivity index (χ3n) is 2.16. The highest BCUT2D eigenvalue weighted by atomic mass is 35.5. The van der Waals surface area contributed by atoms with Gasteiger partial charge in [0.05, 0.1) is 11.8 Å². The summed E-state index contributed by atoms with van der Waals surface area (Å²) in [6.45, 7) is 0.826. The molecule has 1 saturated heterocycles. The maximum Gasteiger partial charge on any atom is 0.222 e. The second kappa shape index (κ2) is 4.03. The summed E-state index contributed by atoms with van der Waals surface area (Å²) in [6, 6.07) is 1.86. The van der Waals surface area contributed by atoms with E-state index in [1.807, 2.05) is 6.07 Å². The van der Waals surface area contributed by atoms with Crippen LogP contribution in [0.1, 0.15) is 31.1 Å². The molecule has 3 nitrogen and oxygen atoms in total. The monoisotopic (exact) mass is 198 g/mol. The number of aromatic nitrogens is 2. The highest BCUT2D eigenvalue weighted by molar-refractivity contribution is 6.28. The SMILES string of the molecule is Clc1nccc(C2CCCCO2)n1. The normalized spacial score (nSPS) is 23.0. The Labute approximate surface area is 82.1 Å². The van der Waals surface area contributed by atoms with Crippen molar-refractivity contribution < 1.29 is 4.74 Å². The average molecular weight is 199 g/mol. The molecule has 0 radical (unpaired) electrons. The Morgan fingerprint density at radius 2 is 2.38 bits per heavy atom. The largest absolute Gasteiger partial charge is 0.372 e. The van der Waals surface area contributed by atoms with Crippen molar-refractivity contribution in [3.05, 3.63) is 23.2 Å². The fourth-order valence-electron chi connectivity index (χ4n) is 1.50. The van der Waals surface area contributed by atoms with E-state index in [4.69, 9.17) is 16.3 Å². The van der Waals surface area contributed by atoms with E-state index in [1.54, 1.807) is 6.20 Å². The summed E-state index contributed by atoms with van der Waals surface area (Å²) >= 11 is 5.69. The van der Waals surface area contributed by atoms with Crippen molar-refractivity contribution in [2.75, 3.05) is 6.61 Å². The topological polar surface area (TPSA) is 35.0 Å². The van der Waals surface area contributed by atoms with Crippen LogP contribution in [0.25, 0.3) is 0 Å². The molecule has 1 aliphatic rings. The third-order valence-corrected chi connectivity index (χ3v) is 2.34. The summed E-state index contributed by atoms with van der Waals surface area (Å²) in [5.74, 6) is 0. The molecule has 2 rings (SSSR count). The summed E-state index contributed by atoms with van der Waals surface area (Å²) in [4.78, 5) is 7.96. The smallest absolute Gasteiger partial charge is 0.222 e. The van der Waals surface area contributed by atoms with Crippen LogP contribution < -0.4 is 0 Å². The van der Waals surface area contributed by atoms with Crippen LogP contribution in [0, 0.1) is 0 Å². The molecule has 0 aromatic carbocycles. The van der Waals surface area contributed by atoms with Gasteiger partial charge < -0.3 is 4.74 Å². The molecule has 0 saturated carbocycles. The Bertz CT molecular complexity index is 287. The molecule has 1 aromatic heterocycles. The highest BCUT2D eigenvalue weighted by Gasteiger charge is 2.17. The van der Waals surface area contributed by atoms with Crippen molar-refractivity contribution in [3.8, 4) is 0 Å². The summed E-state index contributed by atoms with van der Waals surface area (Å²) in [7, 11) is 0. The Hall–Kier alpha value is -0.670. The fourth-order valence-corrected chi connectivity index (χ4v) is 1.66. The zero-order valence-corrected chi connectivity index (χ0v) is 8.00. The van der Waals surface area contributed by atoms with Gasteiger partial charge in [0.1, 0.15) is 0 Å². The van der Waals surface area contributed by atoms with E-state index in [0.717, 1.165) is 25.1 Å². The molecule has 13 heavy (non-hydrogen) atoms. The van der Waals surface area contributed by atoms with Gasteiger partial charge in [-0.15, -0.1) is 0 Å². The summed E-state index contributed by atoms with van der Waals surface area (Å²) < 4.78 is 5.57. The molecular weight excluding hydrogens is 188 g/mol. The van der Waals surface area contributed by atoms with Gasteiger partial charge in [0.25, 0.3) is 0 Å². The van der Waals surface area contributed by atoms with E-state index in [2.05, 4.69) is 9.97 Å². The fraction of sp³-hybridized carbons (Fsp3) is 0.556. The van der Waals surface area contributed by atoms with Gasteiger partial charge >= 0.3 is 0 Å². The lowest BCUT2D eigenvalue weighted by atomic mass is 10.1. The summed E-state index contributed by atoms with van der Waals surface area (Å²) in [5.41, 5.74) is 0.903. The highest BCUT2D eigenvalue weighted by Crippen LogP contribution is 2.26. The number of ether oxygens (including phenoxy) is 1. The Morgan fingerprint density at radius 3 is 3.08 bits per heavy atom. The molecule has 1 fully saturated rings. The molecule has 70 valence electrons. The van der Waals surface area contributed by atoms with Crippen LogP contribution in [-0.2, 0) is 4.74 Å². The molecule has 2 heterocycles. The van der Waals surface area contributed by atoms with Gasteiger partial charge in [-0.1, -0.05) is 0 Å². The first kappa shape index (κ1) is 8.91. The van der Waals surface area contributed by atoms with E-state index >= 15 is 0 Å². The van der Waals surface area contributed by atoms with E-state index in [-0.39, 0.29) is 6.10 Å². The number of hydrogen-bond acceptors (Lipinski definition) is 3. The van der Waals surface area contributed by atoms with Gasteiger partial charge in [-0.3, -0.25) is 0 Å². The van der Waals surface area contributed by atoms with Crippen LogP contribution in [0.4, 0.5) is 0 Å². The van der Waals surface area contributed by atoms with E-state index in [9.17, 15) is 0 Å². The Kier molecular flexibility index (Phi) is 2.76. The Balaban J connectivity index is 2.14. The molecule has 1 unspecified atom stereocenters. The molecule has 1 aliphatic heterocycles. The zero-order chi connectivity index (χ0) is 9.10. The molecular formula is C9H11ClN2O. The number of hydrogen-bond donors (Lipinski definition) is 0. The van der Waals surface area contributed by atoms with Crippen LogP contribution in [0.3, 0.4) is 0 Å². The average Bonchev–Trinajstić information content (AvgIpc) is 2.19. The molecule has 0 N–H and O–H groups in total. The van der Waals surface area contributed by atoms with Crippen LogP contribution in [0.2, 0.25) is 5.28 Å². The minimum absolute atomic E-state index is 0.120. The summed E-state index contributed by atoms with van der Waals surface area (Å²) in [6.07, 6.45) is 5.17. The first-order valence-electron chi connectivity index (χ1n) is 4.46. The predicted molar refractivity (Wildman–Crippen MR) is 49.6 cm³/mol. The lowest BCUT2D eigenvalue weighted by Gasteiger charge is -2.21. The van der Waals surface area contributed by atoms with Gasteiger partial charge in [0.15, 0.2) is 0 Å². The van der Waals surface area contributed by atoms with Crippen LogP contribution in [-0.4, -0.2) is 16.6 Å². The number of nitrogens with zero attached hydrogens (tertiary/aromatic N) is 2. The standard InChI is InChI=1S/C9H11ClN2O/c10-9-11-5-4-7(12-9)8-3-1-2-6-13-8/h4-5,8H,1-3,6H2.